The van der Waals surface area contributed by atoms with Gasteiger partial charge in [-0.05, 0) is 75.5 Å². The Kier molecular flexibility index (Phi) is 9.30. The second-order valence-corrected chi connectivity index (χ2v) is 18.2. The van der Waals surface area contributed by atoms with Crippen LogP contribution in [0.4, 0.5) is 5.69 Å². The highest BCUT2D eigenvalue weighted by Crippen LogP contribution is 2.59. The third-order valence-electron chi connectivity index (χ3n) is 11.4. The molecule has 4 aromatic carbocycles. The van der Waals surface area contributed by atoms with Crippen LogP contribution in [0.25, 0.3) is 5.76 Å². The van der Waals surface area contributed by atoms with E-state index in [9.17, 15) is 44.7 Å². The number of primary amides is 1. The number of hydrogen-bond donors (Lipinski definition) is 7. The molecule has 55 heavy (non-hydrogen) atoms. The Bertz CT molecular complexity index is 2210. The van der Waals surface area contributed by atoms with Gasteiger partial charge in [0.15, 0.2) is 17.5 Å². The van der Waals surface area contributed by atoms with Crippen molar-refractivity contribution in [1.29, 1.82) is 0 Å². The fourth-order valence-electron chi connectivity index (χ4n) is 8.82. The summed E-state index contributed by atoms with van der Waals surface area (Å²) in [6.07, 6.45) is -0.316. The van der Waals surface area contributed by atoms with Gasteiger partial charge in [-0.15, -0.1) is 0 Å². The fourth-order valence-corrected chi connectivity index (χ4v) is 12.8. The molecule has 3 aliphatic carbocycles. The maximum atomic E-state index is 14.4. The van der Waals surface area contributed by atoms with Crippen LogP contribution in [0.2, 0.25) is 0 Å². The molecule has 1 saturated carbocycles. The van der Waals surface area contributed by atoms with E-state index in [2.05, 4.69) is 5.32 Å². The van der Waals surface area contributed by atoms with E-state index in [0.29, 0.717) is 0 Å². The van der Waals surface area contributed by atoms with Gasteiger partial charge in [0.05, 0.1) is 22.9 Å². The summed E-state index contributed by atoms with van der Waals surface area (Å²) in [5, 5.41) is 64.6. The summed E-state index contributed by atoms with van der Waals surface area (Å²) in [7, 11) is 0.328. The predicted octanol–water partition coefficient (Wildman–Crippen LogP) is 2.56. The van der Waals surface area contributed by atoms with Crippen molar-refractivity contribution in [3.8, 4) is 5.75 Å². The number of nitrogens with one attached hydrogen (secondary N) is 1. The van der Waals surface area contributed by atoms with E-state index in [1.54, 1.807) is 0 Å². The standard InChI is InChI=1S/C42H40N3O9P/c1-41(53)26-19-20-29(44-30(46)22-55(23-13-7-4-8-14-23,24-15-9-5-10-16-24)25-17-11-6-12-18-25)35(47)31(26)36(48)32-27(41)21-28-34(45(2)3)37(49)33(40(43)52)39(51)42(28,54)38(32)50/h4-20,27-28,34,53-54H,21-22H2,1-3H3,(H5-,43,44,46,47,48,49,50,51,52)/p+1/t27?,28?,34-,41+,42-/m0/s1. The van der Waals surface area contributed by atoms with Crippen LogP contribution in [0.3, 0.4) is 0 Å². The summed E-state index contributed by atoms with van der Waals surface area (Å²) < 4.78 is 0. The van der Waals surface area contributed by atoms with Crippen LogP contribution in [0.5, 0.6) is 5.75 Å². The molecule has 0 bridgehead atoms. The number of fused-ring (bicyclic) bond motifs is 3. The molecule has 12 nitrogen and oxygen atoms in total. The Morgan fingerprint density at radius 3 is 1.82 bits per heavy atom. The molecule has 282 valence electrons. The van der Waals surface area contributed by atoms with Crippen molar-refractivity contribution in [1.82, 2.24) is 4.90 Å². The van der Waals surface area contributed by atoms with E-state index >= 15 is 0 Å². The Morgan fingerprint density at radius 1 is 0.836 bits per heavy atom. The molecule has 5 atom stereocenters. The van der Waals surface area contributed by atoms with Crippen LogP contribution < -0.4 is 27.0 Å². The van der Waals surface area contributed by atoms with Gasteiger partial charge in [-0.1, -0.05) is 60.7 Å². The zero-order chi connectivity index (χ0) is 39.6. The highest BCUT2D eigenvalue weighted by atomic mass is 31.2. The van der Waals surface area contributed by atoms with E-state index in [-0.39, 0.29) is 29.4 Å². The first kappa shape index (κ1) is 37.7. The molecule has 0 aliphatic heterocycles. The van der Waals surface area contributed by atoms with Crippen molar-refractivity contribution < 1.29 is 44.7 Å². The number of carbonyl (C=O) groups is 4. The maximum Gasteiger partial charge on any atom is 0.263 e. The minimum absolute atomic E-state index is 0.0130. The third kappa shape index (κ3) is 5.59. The first-order valence-corrected chi connectivity index (χ1v) is 19.6. The van der Waals surface area contributed by atoms with Gasteiger partial charge in [0, 0.05) is 17.4 Å². The second-order valence-electron chi connectivity index (χ2n) is 14.7. The number of aliphatic hydroxyl groups is 4. The number of phenols is 1. The lowest BCUT2D eigenvalue weighted by Crippen LogP contribution is -2.67. The van der Waals surface area contributed by atoms with Crippen LogP contribution in [0.15, 0.2) is 120 Å². The lowest BCUT2D eigenvalue weighted by atomic mass is 9.54. The van der Waals surface area contributed by atoms with E-state index in [1.165, 1.54) is 38.1 Å². The number of amides is 2. The van der Waals surface area contributed by atoms with E-state index < -0.39 is 88.1 Å². The molecule has 0 aromatic heterocycles. The Labute approximate surface area is 317 Å². The molecular formula is C42H41N3O9P+. The molecule has 3 aliphatic rings. The lowest BCUT2D eigenvalue weighted by Gasteiger charge is -2.53. The van der Waals surface area contributed by atoms with E-state index in [4.69, 9.17) is 5.73 Å². The minimum Gasteiger partial charge on any atom is -0.508 e. The van der Waals surface area contributed by atoms with Crippen LogP contribution in [-0.2, 0) is 24.8 Å². The number of rotatable bonds is 8. The van der Waals surface area contributed by atoms with Crippen molar-refractivity contribution >= 4 is 58.0 Å². The fraction of sp³-hybridized carbons (Fsp3) is 0.238. The highest BCUT2D eigenvalue weighted by Gasteiger charge is 2.66. The van der Waals surface area contributed by atoms with Crippen LogP contribution in [0, 0.1) is 11.8 Å². The monoisotopic (exact) mass is 762 g/mol. The molecular weight excluding hydrogens is 721 g/mol. The molecule has 13 heteroatoms. The largest absolute Gasteiger partial charge is 0.508 e. The number of aromatic hydroxyl groups is 1. The number of carbonyl (C=O) groups excluding carboxylic acids is 4. The average molecular weight is 763 g/mol. The summed E-state index contributed by atoms with van der Waals surface area (Å²) in [4.78, 5) is 55.9. The Hall–Kier alpha value is -5.65. The molecule has 8 N–H and O–H groups in total. The smallest absolute Gasteiger partial charge is 0.263 e. The first-order chi connectivity index (χ1) is 26.1. The van der Waals surface area contributed by atoms with Crippen molar-refractivity contribution in [2.45, 2.75) is 30.6 Å². The summed E-state index contributed by atoms with van der Waals surface area (Å²) in [5.74, 6) is -9.29. The molecule has 2 unspecified atom stereocenters. The normalized spacial score (nSPS) is 24.9. The molecule has 2 amide bonds. The third-order valence-corrected chi connectivity index (χ3v) is 15.7. The molecule has 4 aromatic rings. The number of likely N-dealkylation sites (N-methyl/N-ethyl adjacent to an activating group) is 1. The zero-order valence-corrected chi connectivity index (χ0v) is 31.2. The van der Waals surface area contributed by atoms with Gasteiger partial charge in [0.2, 0.25) is 5.78 Å². The SMILES string of the molecule is CN(C)[C@@H]1C(=O)C(C(N)=O)=C(O)[C@@]2(O)C(=O)C3=C(O)c4c(ccc(NC(=O)C[P+](c5ccccc5)(c5ccccc5)c5ccccc5)c4O)[C@@](C)(O)C3CC12. The lowest BCUT2D eigenvalue weighted by molar-refractivity contribution is -0.159. The predicted molar refractivity (Wildman–Crippen MR) is 209 cm³/mol. The summed E-state index contributed by atoms with van der Waals surface area (Å²) in [6, 6.07) is 30.6. The van der Waals surface area contributed by atoms with Gasteiger partial charge in [-0.25, -0.2) is 0 Å². The number of aliphatic hydroxyl groups excluding tert-OH is 2. The number of phenolic OH excluding ortho intramolecular Hbond substituents is 1. The number of ketones is 2. The minimum atomic E-state index is -2.89. The molecule has 0 spiro atoms. The maximum absolute atomic E-state index is 14.4. The summed E-state index contributed by atoms with van der Waals surface area (Å²) >= 11 is 0. The van der Waals surface area contributed by atoms with Gasteiger partial charge < -0.3 is 36.6 Å². The molecule has 0 heterocycles. The number of Topliss-reactive ketones (excluding diaryl/α,β-unsaturated/α-hetero) is 2. The van der Waals surface area contributed by atoms with Crippen molar-refractivity contribution in [3.63, 3.8) is 0 Å². The number of benzene rings is 4. The van der Waals surface area contributed by atoms with Gasteiger partial charge in [-0.3, -0.25) is 24.1 Å². The molecule has 0 saturated heterocycles. The number of nitrogens with zero attached hydrogens (tertiary/aromatic N) is 1. The second kappa shape index (κ2) is 13.6. The van der Waals surface area contributed by atoms with Crippen LogP contribution >= 0.6 is 7.26 Å². The summed E-state index contributed by atoms with van der Waals surface area (Å²) in [5.41, 5.74) is -1.37. The van der Waals surface area contributed by atoms with Crippen LogP contribution in [-0.4, -0.2) is 85.7 Å². The first-order valence-electron chi connectivity index (χ1n) is 17.7. The van der Waals surface area contributed by atoms with Gasteiger partial charge in [-0.2, -0.15) is 0 Å². The van der Waals surface area contributed by atoms with E-state index in [1.807, 2.05) is 91.0 Å². The zero-order valence-electron chi connectivity index (χ0n) is 30.3. The molecule has 1 fully saturated rings. The quantitative estimate of drug-likeness (QED) is 0.0793. The number of nitrogens with two attached hydrogens (primary N) is 1. The number of anilines is 1. The van der Waals surface area contributed by atoms with Crippen LogP contribution in [0.1, 0.15) is 24.5 Å². The van der Waals surface area contributed by atoms with Gasteiger partial charge in [0.25, 0.3) is 11.8 Å². The van der Waals surface area contributed by atoms with Crippen molar-refractivity contribution in [2.75, 3.05) is 25.6 Å². The molecule has 0 radical (unpaired) electrons. The molecule has 7 rings (SSSR count). The topological polar surface area (TPSA) is 211 Å². The van der Waals surface area contributed by atoms with Gasteiger partial charge >= 0.3 is 0 Å². The van der Waals surface area contributed by atoms with E-state index in [0.717, 1.165) is 15.9 Å². The van der Waals surface area contributed by atoms with Crippen molar-refractivity contribution in [3.05, 3.63) is 131 Å². The highest BCUT2D eigenvalue weighted by molar-refractivity contribution is 7.96. The summed E-state index contributed by atoms with van der Waals surface area (Å²) in [6.45, 7) is 1.37. The average Bonchev–Trinajstić information content (AvgIpc) is 3.16. The Balaban J connectivity index is 1.33. The Morgan fingerprint density at radius 2 is 1.35 bits per heavy atom. The van der Waals surface area contributed by atoms with Crippen molar-refractivity contribution in [2.24, 2.45) is 17.6 Å². The number of hydrogen-bond acceptors (Lipinski definition) is 10. The van der Waals surface area contributed by atoms with Gasteiger partial charge in [0.1, 0.15) is 46.0 Å².